The van der Waals surface area contributed by atoms with Crippen LogP contribution in [0, 0.1) is 0 Å². The molecule has 3 N–H and O–H groups in total. The van der Waals surface area contributed by atoms with Crippen LogP contribution in [0.3, 0.4) is 0 Å². The van der Waals surface area contributed by atoms with Crippen LogP contribution < -0.4 is 5.73 Å². The second-order valence-corrected chi connectivity index (χ2v) is 4.51. The first-order chi connectivity index (χ1) is 6.56. The van der Waals surface area contributed by atoms with Crippen LogP contribution in [0.25, 0.3) is 0 Å². The molecule has 0 aromatic heterocycles. The molecule has 0 amide bonds. The van der Waals surface area contributed by atoms with Crippen molar-refractivity contribution in [3.63, 3.8) is 0 Å². The number of halogens is 3. The molecule has 1 rings (SSSR count). The minimum absolute atomic E-state index is 0. The van der Waals surface area contributed by atoms with E-state index in [2.05, 4.69) is 22.9 Å². The Hall–Kier alpha value is 0.0400. The molecule has 0 unspecified atom stereocenters. The van der Waals surface area contributed by atoms with Gasteiger partial charge in [0.2, 0.25) is 0 Å². The number of nitrogens with two attached hydrogens (primary N) is 1. The topological polar surface area (TPSA) is 46.2 Å². The molecule has 1 atom stereocenters. The highest BCUT2D eigenvalue weighted by molar-refractivity contribution is 9.10. The van der Waals surface area contributed by atoms with Crippen molar-refractivity contribution in [2.45, 2.75) is 25.8 Å². The van der Waals surface area contributed by atoms with Gasteiger partial charge in [0.15, 0.2) is 0 Å². The zero-order valence-corrected chi connectivity index (χ0v) is 11.5. The Balaban J connectivity index is 0.00000196. The van der Waals surface area contributed by atoms with E-state index in [1.165, 1.54) is 0 Å². The molecule has 0 saturated heterocycles. The van der Waals surface area contributed by atoms with Crippen LogP contribution in [-0.2, 0) is 0 Å². The van der Waals surface area contributed by atoms with E-state index in [0.29, 0.717) is 15.1 Å². The number of aromatic hydroxyl groups is 1. The Morgan fingerprint density at radius 1 is 1.53 bits per heavy atom. The van der Waals surface area contributed by atoms with Gasteiger partial charge in [0.05, 0.1) is 4.47 Å². The number of benzene rings is 1. The van der Waals surface area contributed by atoms with Crippen molar-refractivity contribution >= 4 is 39.9 Å². The summed E-state index contributed by atoms with van der Waals surface area (Å²) in [7, 11) is 0. The lowest BCUT2D eigenvalue weighted by atomic mass is 10.0. The number of phenolic OH excluding ortho intramolecular Hbond substituents is 1. The molecular weight excluding hydrogens is 301 g/mol. The van der Waals surface area contributed by atoms with Crippen LogP contribution in [0.4, 0.5) is 0 Å². The molecule has 0 spiro atoms. The van der Waals surface area contributed by atoms with Gasteiger partial charge < -0.3 is 10.8 Å². The van der Waals surface area contributed by atoms with Gasteiger partial charge in [0.25, 0.3) is 0 Å². The molecule has 0 heterocycles. The van der Waals surface area contributed by atoms with Gasteiger partial charge in [-0.05, 0) is 34.5 Å². The first-order valence-corrected chi connectivity index (χ1v) is 5.66. The van der Waals surface area contributed by atoms with Gasteiger partial charge in [0.1, 0.15) is 5.75 Å². The SMILES string of the molecule is CCC[C@@H](N)c1cc(Cl)cc(Br)c1O.Cl. The highest BCUT2D eigenvalue weighted by atomic mass is 79.9. The fourth-order valence-electron chi connectivity index (χ4n) is 1.34. The van der Waals surface area contributed by atoms with Crippen LogP contribution in [0.15, 0.2) is 16.6 Å². The molecule has 86 valence electrons. The average Bonchev–Trinajstić information content (AvgIpc) is 2.11. The number of phenols is 1. The molecular formula is C10H14BrCl2NO. The highest BCUT2D eigenvalue weighted by Crippen LogP contribution is 2.35. The molecule has 0 aliphatic carbocycles. The summed E-state index contributed by atoms with van der Waals surface area (Å²) in [6.45, 7) is 2.05. The van der Waals surface area contributed by atoms with Crippen LogP contribution >= 0.6 is 39.9 Å². The predicted molar refractivity (Wildman–Crippen MR) is 69.9 cm³/mol. The van der Waals surface area contributed by atoms with E-state index < -0.39 is 0 Å². The number of hydrogen-bond donors (Lipinski definition) is 2. The molecule has 2 nitrogen and oxygen atoms in total. The predicted octanol–water partition coefficient (Wildman–Crippen LogP) is 4.03. The fraction of sp³-hybridized carbons (Fsp3) is 0.400. The molecule has 1 aromatic rings. The van der Waals surface area contributed by atoms with Crippen molar-refractivity contribution in [1.29, 1.82) is 0 Å². The average molecular weight is 315 g/mol. The van der Waals surface area contributed by atoms with Crippen LogP contribution in [0.2, 0.25) is 5.02 Å². The summed E-state index contributed by atoms with van der Waals surface area (Å²) in [6.07, 6.45) is 1.81. The standard InChI is InChI=1S/C10H13BrClNO.ClH/c1-2-3-9(13)7-4-6(12)5-8(11)10(7)14;/h4-5,9,14H,2-3,13H2,1H3;1H/t9-;/m1./s1. The van der Waals surface area contributed by atoms with Crippen molar-refractivity contribution < 1.29 is 5.11 Å². The first-order valence-electron chi connectivity index (χ1n) is 4.49. The Morgan fingerprint density at radius 3 is 2.67 bits per heavy atom. The maximum absolute atomic E-state index is 9.73. The zero-order valence-electron chi connectivity index (χ0n) is 8.34. The van der Waals surface area contributed by atoms with Gasteiger partial charge in [-0.25, -0.2) is 0 Å². The van der Waals surface area contributed by atoms with E-state index >= 15 is 0 Å². The quantitative estimate of drug-likeness (QED) is 0.884. The lowest BCUT2D eigenvalue weighted by Crippen LogP contribution is -2.10. The summed E-state index contributed by atoms with van der Waals surface area (Å²) in [5, 5.41) is 10.3. The number of hydrogen-bond acceptors (Lipinski definition) is 2. The molecule has 0 aliphatic rings. The van der Waals surface area contributed by atoms with Crippen LogP contribution in [0.1, 0.15) is 31.4 Å². The van der Waals surface area contributed by atoms with Gasteiger partial charge in [-0.3, -0.25) is 0 Å². The monoisotopic (exact) mass is 313 g/mol. The maximum Gasteiger partial charge on any atom is 0.134 e. The Morgan fingerprint density at radius 2 is 2.13 bits per heavy atom. The second-order valence-electron chi connectivity index (χ2n) is 3.22. The third kappa shape index (κ3) is 3.83. The maximum atomic E-state index is 9.73. The summed E-state index contributed by atoms with van der Waals surface area (Å²) >= 11 is 9.10. The fourth-order valence-corrected chi connectivity index (χ4v) is 2.17. The highest BCUT2D eigenvalue weighted by Gasteiger charge is 2.13. The summed E-state index contributed by atoms with van der Waals surface area (Å²) in [5.74, 6) is 0.190. The van der Waals surface area contributed by atoms with E-state index in [9.17, 15) is 5.11 Å². The van der Waals surface area contributed by atoms with E-state index in [-0.39, 0.29) is 24.2 Å². The third-order valence-electron chi connectivity index (χ3n) is 2.06. The smallest absolute Gasteiger partial charge is 0.134 e. The van der Waals surface area contributed by atoms with Gasteiger partial charge in [-0.15, -0.1) is 12.4 Å². The van der Waals surface area contributed by atoms with Crippen LogP contribution in [0.5, 0.6) is 5.75 Å². The molecule has 15 heavy (non-hydrogen) atoms. The largest absolute Gasteiger partial charge is 0.506 e. The number of rotatable bonds is 3. The van der Waals surface area contributed by atoms with E-state index in [0.717, 1.165) is 12.8 Å². The Bertz CT molecular complexity index is 333. The third-order valence-corrected chi connectivity index (χ3v) is 2.88. The van der Waals surface area contributed by atoms with Crippen molar-refractivity contribution in [2.75, 3.05) is 0 Å². The van der Waals surface area contributed by atoms with E-state index in [1.54, 1.807) is 12.1 Å². The summed E-state index contributed by atoms with van der Waals surface area (Å²) in [4.78, 5) is 0. The molecule has 0 saturated carbocycles. The summed E-state index contributed by atoms with van der Waals surface area (Å²) in [5.41, 5.74) is 6.60. The first kappa shape index (κ1) is 15.0. The summed E-state index contributed by atoms with van der Waals surface area (Å²) in [6, 6.07) is 3.20. The van der Waals surface area contributed by atoms with Crippen molar-refractivity contribution in [3.05, 3.63) is 27.2 Å². The molecule has 0 aliphatic heterocycles. The second kappa shape index (κ2) is 6.59. The molecule has 0 bridgehead atoms. The van der Waals surface area contributed by atoms with E-state index in [4.69, 9.17) is 17.3 Å². The van der Waals surface area contributed by atoms with E-state index in [1.807, 2.05) is 0 Å². The molecule has 1 aromatic carbocycles. The molecule has 5 heteroatoms. The van der Waals surface area contributed by atoms with Crippen molar-refractivity contribution in [2.24, 2.45) is 5.73 Å². The zero-order chi connectivity index (χ0) is 10.7. The molecule has 0 radical (unpaired) electrons. The Labute approximate surface area is 109 Å². The van der Waals surface area contributed by atoms with Gasteiger partial charge in [-0.1, -0.05) is 24.9 Å². The normalized spacial score (nSPS) is 12.0. The lowest BCUT2D eigenvalue weighted by Gasteiger charge is -2.14. The summed E-state index contributed by atoms with van der Waals surface area (Å²) < 4.78 is 0.589. The minimum atomic E-state index is -0.157. The molecule has 0 fully saturated rings. The van der Waals surface area contributed by atoms with Gasteiger partial charge in [-0.2, -0.15) is 0 Å². The van der Waals surface area contributed by atoms with Crippen molar-refractivity contribution in [3.8, 4) is 5.75 Å². The van der Waals surface area contributed by atoms with Crippen LogP contribution in [-0.4, -0.2) is 5.11 Å². The van der Waals surface area contributed by atoms with Crippen molar-refractivity contribution in [1.82, 2.24) is 0 Å². The Kier molecular flexibility index (Phi) is 6.60. The lowest BCUT2D eigenvalue weighted by molar-refractivity contribution is 0.454. The minimum Gasteiger partial charge on any atom is -0.506 e. The van der Waals surface area contributed by atoms with Gasteiger partial charge in [0, 0.05) is 16.6 Å². The van der Waals surface area contributed by atoms with Gasteiger partial charge >= 0.3 is 0 Å².